The highest BCUT2D eigenvalue weighted by atomic mass is 32.2. The highest BCUT2D eigenvalue weighted by molar-refractivity contribution is 8.00. The summed E-state index contributed by atoms with van der Waals surface area (Å²) in [4.78, 5) is 31.8. The second kappa shape index (κ2) is 11.3. The van der Waals surface area contributed by atoms with Crippen LogP contribution in [0.2, 0.25) is 0 Å². The number of nitrogens with zero attached hydrogens (tertiary/aromatic N) is 3. The summed E-state index contributed by atoms with van der Waals surface area (Å²) >= 11 is 1.35. The summed E-state index contributed by atoms with van der Waals surface area (Å²) in [5.74, 6) is 0.841. The standard InChI is InChI=1S/C23H32N4O3S/c1-4-26(5-2)14-7-15-27-20-9-6-8-19(20)22(25-23(27)29)31-16-21(28)24-17-10-12-18(30-3)13-11-17/h10-13H,4-9,14-16H2,1-3H3,(H,24,28). The number of aromatic nitrogens is 2. The summed E-state index contributed by atoms with van der Waals surface area (Å²) in [5, 5.41) is 3.59. The molecule has 1 N–H and O–H groups in total. The van der Waals surface area contributed by atoms with Crippen LogP contribution in [0.1, 0.15) is 37.9 Å². The van der Waals surface area contributed by atoms with Gasteiger partial charge < -0.3 is 15.0 Å². The predicted octanol–water partition coefficient (Wildman–Crippen LogP) is 3.20. The Hall–Kier alpha value is -2.32. The summed E-state index contributed by atoms with van der Waals surface area (Å²) in [7, 11) is 1.61. The van der Waals surface area contributed by atoms with Crippen molar-refractivity contribution in [1.29, 1.82) is 0 Å². The maximum absolute atomic E-state index is 12.7. The molecule has 2 aromatic rings. The fraction of sp³-hybridized carbons (Fsp3) is 0.522. The molecule has 1 aliphatic carbocycles. The Morgan fingerprint density at radius 2 is 1.97 bits per heavy atom. The molecule has 168 valence electrons. The quantitative estimate of drug-likeness (QED) is 0.424. The molecular formula is C23H32N4O3S. The average Bonchev–Trinajstić information content (AvgIpc) is 3.27. The molecule has 0 radical (unpaired) electrons. The summed E-state index contributed by atoms with van der Waals surface area (Å²) < 4.78 is 6.99. The van der Waals surface area contributed by atoms with E-state index in [4.69, 9.17) is 4.74 Å². The van der Waals surface area contributed by atoms with E-state index in [2.05, 4.69) is 29.0 Å². The number of methoxy groups -OCH3 is 1. The van der Waals surface area contributed by atoms with Crippen LogP contribution in [-0.4, -0.2) is 52.9 Å². The van der Waals surface area contributed by atoms with Crippen LogP contribution in [0.3, 0.4) is 0 Å². The van der Waals surface area contributed by atoms with Gasteiger partial charge in [0.1, 0.15) is 10.8 Å². The van der Waals surface area contributed by atoms with E-state index in [0.29, 0.717) is 17.3 Å². The van der Waals surface area contributed by atoms with Gasteiger partial charge in [0, 0.05) is 23.5 Å². The number of carbonyl (C=O) groups is 1. The molecule has 31 heavy (non-hydrogen) atoms. The summed E-state index contributed by atoms with van der Waals surface area (Å²) in [6.45, 7) is 8.05. The number of carbonyl (C=O) groups excluding carboxylic acids is 1. The third kappa shape index (κ3) is 6.11. The number of ether oxygens (including phenoxy) is 1. The fourth-order valence-corrected chi connectivity index (χ4v) is 4.81. The van der Waals surface area contributed by atoms with Crippen molar-refractivity contribution < 1.29 is 9.53 Å². The van der Waals surface area contributed by atoms with Crippen LogP contribution in [0, 0.1) is 0 Å². The Bertz CT molecular complexity index is 939. The molecule has 0 saturated carbocycles. The van der Waals surface area contributed by atoms with Gasteiger partial charge in [0.25, 0.3) is 0 Å². The van der Waals surface area contributed by atoms with Crippen molar-refractivity contribution in [3.63, 3.8) is 0 Å². The molecule has 0 unspecified atom stereocenters. The first-order chi connectivity index (χ1) is 15.0. The van der Waals surface area contributed by atoms with E-state index in [1.165, 1.54) is 11.8 Å². The van der Waals surface area contributed by atoms with E-state index in [9.17, 15) is 9.59 Å². The molecule has 1 aliphatic rings. The SMILES string of the molecule is CCN(CC)CCCn1c2c(c(SCC(=O)Nc3ccc(OC)cc3)nc1=O)CCC2. The van der Waals surface area contributed by atoms with E-state index in [-0.39, 0.29) is 17.3 Å². The smallest absolute Gasteiger partial charge is 0.348 e. The first-order valence-corrected chi connectivity index (χ1v) is 12.0. The van der Waals surface area contributed by atoms with Gasteiger partial charge in [-0.15, -0.1) is 0 Å². The number of rotatable bonds is 11. The lowest BCUT2D eigenvalue weighted by atomic mass is 10.2. The molecule has 3 rings (SSSR count). The van der Waals surface area contributed by atoms with Crippen molar-refractivity contribution >= 4 is 23.4 Å². The van der Waals surface area contributed by atoms with Crippen molar-refractivity contribution in [1.82, 2.24) is 14.5 Å². The zero-order valence-corrected chi connectivity index (χ0v) is 19.5. The fourth-order valence-electron chi connectivity index (χ4n) is 3.93. The van der Waals surface area contributed by atoms with Crippen molar-refractivity contribution in [2.75, 3.05) is 37.8 Å². The topological polar surface area (TPSA) is 76.5 Å². The molecule has 0 spiro atoms. The number of hydrogen-bond acceptors (Lipinski definition) is 6. The van der Waals surface area contributed by atoms with Crippen LogP contribution in [0.25, 0.3) is 0 Å². The maximum atomic E-state index is 12.7. The Kier molecular flexibility index (Phi) is 8.54. The van der Waals surface area contributed by atoms with E-state index < -0.39 is 0 Å². The van der Waals surface area contributed by atoms with Gasteiger partial charge in [-0.1, -0.05) is 25.6 Å². The van der Waals surface area contributed by atoms with E-state index in [0.717, 1.165) is 62.3 Å². The summed E-state index contributed by atoms with van der Waals surface area (Å²) in [5.41, 5.74) is 2.77. The molecule has 0 bridgehead atoms. The lowest BCUT2D eigenvalue weighted by Crippen LogP contribution is -2.30. The van der Waals surface area contributed by atoms with Crippen molar-refractivity contribution in [2.24, 2.45) is 0 Å². The first kappa shape index (κ1) is 23.3. The number of anilines is 1. The van der Waals surface area contributed by atoms with Crippen molar-refractivity contribution in [3.8, 4) is 5.75 Å². The number of amides is 1. The average molecular weight is 445 g/mol. The third-order valence-corrected chi connectivity index (χ3v) is 6.68. The van der Waals surface area contributed by atoms with Crippen molar-refractivity contribution in [2.45, 2.75) is 51.1 Å². The maximum Gasteiger partial charge on any atom is 0.348 e. The molecule has 8 heteroatoms. The van der Waals surface area contributed by atoms with Gasteiger partial charge in [0.15, 0.2) is 0 Å². The molecule has 0 aliphatic heterocycles. The molecule has 1 amide bonds. The number of fused-ring (bicyclic) bond motifs is 1. The monoisotopic (exact) mass is 444 g/mol. The Labute approximate surface area is 188 Å². The number of thioether (sulfide) groups is 1. The van der Waals surface area contributed by atoms with Gasteiger partial charge in [-0.05, 0) is 69.6 Å². The minimum Gasteiger partial charge on any atom is -0.497 e. The molecule has 0 atom stereocenters. The first-order valence-electron chi connectivity index (χ1n) is 11.0. The molecule has 7 nitrogen and oxygen atoms in total. The number of benzene rings is 1. The van der Waals surface area contributed by atoms with Crippen LogP contribution < -0.4 is 15.7 Å². The lowest BCUT2D eigenvalue weighted by Gasteiger charge is -2.19. The molecular weight excluding hydrogens is 412 g/mol. The molecule has 1 heterocycles. The van der Waals surface area contributed by atoms with Gasteiger partial charge in [0.05, 0.1) is 12.9 Å². The minimum absolute atomic E-state index is 0.118. The second-order valence-corrected chi connectivity index (χ2v) is 8.54. The molecule has 0 saturated heterocycles. The van der Waals surface area contributed by atoms with Crippen LogP contribution in [-0.2, 0) is 24.2 Å². The minimum atomic E-state index is -0.196. The van der Waals surface area contributed by atoms with Gasteiger partial charge in [0.2, 0.25) is 5.91 Å². The highest BCUT2D eigenvalue weighted by Gasteiger charge is 2.22. The number of nitrogens with one attached hydrogen (secondary N) is 1. The van der Waals surface area contributed by atoms with E-state index in [1.807, 2.05) is 4.57 Å². The van der Waals surface area contributed by atoms with E-state index in [1.54, 1.807) is 31.4 Å². The van der Waals surface area contributed by atoms with E-state index >= 15 is 0 Å². The van der Waals surface area contributed by atoms with Gasteiger partial charge in [-0.3, -0.25) is 9.36 Å². The van der Waals surface area contributed by atoms with Crippen LogP contribution in [0.4, 0.5) is 5.69 Å². The molecule has 0 fully saturated rings. The Morgan fingerprint density at radius 3 is 2.65 bits per heavy atom. The zero-order chi connectivity index (χ0) is 22.2. The van der Waals surface area contributed by atoms with Gasteiger partial charge in [-0.25, -0.2) is 4.79 Å². The third-order valence-electron chi connectivity index (χ3n) is 5.67. The molecule has 1 aromatic carbocycles. The predicted molar refractivity (Wildman–Crippen MR) is 125 cm³/mol. The Balaban J connectivity index is 1.62. The summed E-state index contributed by atoms with van der Waals surface area (Å²) in [6, 6.07) is 7.21. The van der Waals surface area contributed by atoms with Crippen LogP contribution in [0.15, 0.2) is 34.1 Å². The molecule has 1 aromatic heterocycles. The summed E-state index contributed by atoms with van der Waals surface area (Å²) in [6.07, 6.45) is 3.79. The van der Waals surface area contributed by atoms with Crippen molar-refractivity contribution in [3.05, 3.63) is 46.0 Å². The van der Waals surface area contributed by atoms with Gasteiger partial charge in [-0.2, -0.15) is 4.98 Å². The second-order valence-electron chi connectivity index (χ2n) is 7.58. The van der Waals surface area contributed by atoms with Crippen LogP contribution >= 0.6 is 11.8 Å². The lowest BCUT2D eigenvalue weighted by molar-refractivity contribution is -0.113. The Morgan fingerprint density at radius 1 is 1.23 bits per heavy atom. The van der Waals surface area contributed by atoms with Crippen LogP contribution in [0.5, 0.6) is 5.75 Å². The largest absolute Gasteiger partial charge is 0.497 e. The number of hydrogen-bond donors (Lipinski definition) is 1. The highest BCUT2D eigenvalue weighted by Crippen LogP contribution is 2.29. The normalized spacial score (nSPS) is 12.8. The zero-order valence-electron chi connectivity index (χ0n) is 18.6. The van der Waals surface area contributed by atoms with Gasteiger partial charge >= 0.3 is 5.69 Å².